The molecule has 90 valence electrons. The number of aromatic nitrogens is 1. The molecule has 1 aromatic heterocycles. The van der Waals surface area contributed by atoms with Crippen molar-refractivity contribution in [1.82, 2.24) is 10.3 Å². The molecule has 0 saturated carbocycles. The maximum absolute atomic E-state index is 5.68. The van der Waals surface area contributed by atoms with Crippen molar-refractivity contribution < 1.29 is 0 Å². The van der Waals surface area contributed by atoms with Crippen molar-refractivity contribution in [3.8, 4) is 0 Å². The van der Waals surface area contributed by atoms with Crippen molar-refractivity contribution >= 4 is 17.3 Å². The third-order valence-corrected chi connectivity index (χ3v) is 3.14. The highest BCUT2D eigenvalue weighted by atomic mass is 32.1. The average Bonchev–Trinajstić information content (AvgIpc) is 2.74. The van der Waals surface area contributed by atoms with E-state index in [0.29, 0.717) is 5.96 Å². The summed E-state index contributed by atoms with van der Waals surface area (Å²) in [6.45, 7) is 5.79. The first-order valence-corrected chi connectivity index (χ1v) is 6.61. The summed E-state index contributed by atoms with van der Waals surface area (Å²) < 4.78 is 0. The molecule has 0 amide bonds. The quantitative estimate of drug-likeness (QED) is 0.586. The van der Waals surface area contributed by atoms with E-state index in [2.05, 4.69) is 34.5 Å². The summed E-state index contributed by atoms with van der Waals surface area (Å²) in [4.78, 5) is 8.65. The Morgan fingerprint density at radius 2 is 2.38 bits per heavy atom. The highest BCUT2D eigenvalue weighted by Crippen LogP contribution is 2.09. The van der Waals surface area contributed by atoms with E-state index in [1.165, 1.54) is 5.01 Å². The zero-order chi connectivity index (χ0) is 11.8. The van der Waals surface area contributed by atoms with Gasteiger partial charge in [0.15, 0.2) is 5.96 Å². The monoisotopic (exact) mass is 240 g/mol. The molecule has 1 aromatic rings. The number of hydrogen-bond donors (Lipinski definition) is 2. The lowest BCUT2D eigenvalue weighted by Crippen LogP contribution is -2.33. The molecule has 0 atom stereocenters. The Labute approximate surface area is 101 Å². The van der Waals surface area contributed by atoms with Crippen LogP contribution in [0.25, 0.3) is 0 Å². The van der Waals surface area contributed by atoms with Gasteiger partial charge in [0, 0.05) is 24.9 Å². The number of nitrogens with zero attached hydrogens (tertiary/aromatic N) is 2. The molecule has 16 heavy (non-hydrogen) atoms. The Morgan fingerprint density at radius 1 is 1.56 bits per heavy atom. The zero-order valence-corrected chi connectivity index (χ0v) is 10.8. The summed E-state index contributed by atoms with van der Waals surface area (Å²) in [6, 6.07) is 0. The van der Waals surface area contributed by atoms with Gasteiger partial charge in [-0.1, -0.05) is 13.8 Å². The summed E-state index contributed by atoms with van der Waals surface area (Å²) in [5, 5.41) is 6.39. The van der Waals surface area contributed by atoms with E-state index in [1.54, 1.807) is 11.3 Å². The average molecular weight is 240 g/mol. The molecule has 0 unspecified atom stereocenters. The van der Waals surface area contributed by atoms with Gasteiger partial charge in [0.25, 0.3) is 0 Å². The molecule has 4 nitrogen and oxygen atoms in total. The van der Waals surface area contributed by atoms with Crippen LogP contribution >= 0.6 is 11.3 Å². The van der Waals surface area contributed by atoms with Crippen molar-refractivity contribution in [1.29, 1.82) is 0 Å². The summed E-state index contributed by atoms with van der Waals surface area (Å²) in [5.41, 5.74) is 6.81. The summed E-state index contributed by atoms with van der Waals surface area (Å²) >= 11 is 1.72. The molecular formula is C11H20N4S. The van der Waals surface area contributed by atoms with Crippen LogP contribution in [-0.2, 0) is 12.8 Å². The van der Waals surface area contributed by atoms with Crippen LogP contribution in [0.3, 0.4) is 0 Å². The Kier molecular flexibility index (Phi) is 5.85. The first-order chi connectivity index (χ1) is 7.76. The predicted octanol–water partition coefficient (Wildman–Crippen LogP) is 1.56. The van der Waals surface area contributed by atoms with Crippen molar-refractivity contribution in [3.05, 3.63) is 16.1 Å². The smallest absolute Gasteiger partial charge is 0.188 e. The second-order valence-corrected chi connectivity index (χ2v) is 4.47. The number of aliphatic imine (C=N–C) groups is 1. The predicted molar refractivity (Wildman–Crippen MR) is 70.0 cm³/mol. The second kappa shape index (κ2) is 7.22. The molecule has 0 radical (unpaired) electrons. The molecule has 3 N–H and O–H groups in total. The fourth-order valence-electron chi connectivity index (χ4n) is 1.23. The molecule has 0 fully saturated rings. The van der Waals surface area contributed by atoms with Gasteiger partial charge in [-0.25, -0.2) is 4.98 Å². The molecular weight excluding hydrogens is 220 g/mol. The van der Waals surface area contributed by atoms with E-state index < -0.39 is 0 Å². The summed E-state index contributed by atoms with van der Waals surface area (Å²) in [7, 11) is 0. The van der Waals surface area contributed by atoms with E-state index >= 15 is 0 Å². The van der Waals surface area contributed by atoms with Crippen molar-refractivity contribution in [3.63, 3.8) is 0 Å². The second-order valence-electron chi connectivity index (χ2n) is 3.53. The van der Waals surface area contributed by atoms with Crippen LogP contribution < -0.4 is 11.1 Å². The van der Waals surface area contributed by atoms with Gasteiger partial charge in [-0.3, -0.25) is 4.99 Å². The van der Waals surface area contributed by atoms with Crippen LogP contribution in [0.5, 0.6) is 0 Å². The van der Waals surface area contributed by atoms with Crippen LogP contribution in [0.4, 0.5) is 0 Å². The molecule has 0 saturated heterocycles. The van der Waals surface area contributed by atoms with E-state index in [0.717, 1.165) is 38.0 Å². The van der Waals surface area contributed by atoms with Crippen LogP contribution in [-0.4, -0.2) is 24.0 Å². The Hall–Kier alpha value is -1.10. The lowest BCUT2D eigenvalue weighted by molar-refractivity contribution is 0.822. The molecule has 1 rings (SSSR count). The number of nitrogens with one attached hydrogen (secondary N) is 1. The number of hydrogen-bond acceptors (Lipinski definition) is 3. The number of rotatable bonds is 6. The lowest BCUT2D eigenvalue weighted by Gasteiger charge is -2.03. The fraction of sp³-hybridized carbons (Fsp3) is 0.636. The highest BCUT2D eigenvalue weighted by Gasteiger charge is 1.99. The van der Waals surface area contributed by atoms with E-state index in [4.69, 9.17) is 5.73 Å². The summed E-state index contributed by atoms with van der Waals surface area (Å²) in [6.07, 6.45) is 2.94. The number of guanidine groups is 1. The van der Waals surface area contributed by atoms with Crippen molar-refractivity contribution in [2.24, 2.45) is 10.7 Å². The highest BCUT2D eigenvalue weighted by molar-refractivity contribution is 7.09. The van der Waals surface area contributed by atoms with Gasteiger partial charge in [0.05, 0.1) is 10.7 Å². The third kappa shape index (κ3) is 4.61. The van der Waals surface area contributed by atoms with Gasteiger partial charge in [0.2, 0.25) is 0 Å². The van der Waals surface area contributed by atoms with Gasteiger partial charge in [-0.15, -0.1) is 11.3 Å². The Bertz CT molecular complexity index is 332. The normalized spacial score (nSPS) is 11.8. The number of aryl methyl sites for hydroxylation is 1. The third-order valence-electron chi connectivity index (χ3n) is 2.09. The molecule has 0 aromatic carbocycles. The molecule has 0 aliphatic heterocycles. The van der Waals surface area contributed by atoms with Crippen molar-refractivity contribution in [2.75, 3.05) is 13.1 Å². The van der Waals surface area contributed by atoms with Gasteiger partial charge < -0.3 is 11.1 Å². The first-order valence-electron chi connectivity index (χ1n) is 5.73. The van der Waals surface area contributed by atoms with Crippen LogP contribution in [0.2, 0.25) is 0 Å². The number of thiazole rings is 1. The van der Waals surface area contributed by atoms with E-state index in [1.807, 2.05) is 0 Å². The van der Waals surface area contributed by atoms with Gasteiger partial charge in [0.1, 0.15) is 0 Å². The maximum Gasteiger partial charge on any atom is 0.188 e. The molecule has 0 aliphatic carbocycles. The number of nitrogens with two attached hydrogens (primary N) is 1. The van der Waals surface area contributed by atoms with E-state index in [-0.39, 0.29) is 0 Å². The lowest BCUT2D eigenvalue weighted by atomic mass is 10.3. The standard InChI is InChI=1S/C11H20N4S/c1-3-6-13-11(12)14-7-5-9-8-16-10(4-2)15-9/h8H,3-7H2,1-2H3,(H3,12,13,14). The summed E-state index contributed by atoms with van der Waals surface area (Å²) in [5.74, 6) is 0.535. The molecule has 1 heterocycles. The van der Waals surface area contributed by atoms with Gasteiger partial charge in [-0.05, 0) is 12.8 Å². The minimum atomic E-state index is 0.535. The largest absolute Gasteiger partial charge is 0.370 e. The van der Waals surface area contributed by atoms with Crippen LogP contribution in [0.15, 0.2) is 10.4 Å². The van der Waals surface area contributed by atoms with Gasteiger partial charge >= 0.3 is 0 Å². The molecule has 0 aliphatic rings. The maximum atomic E-state index is 5.68. The topological polar surface area (TPSA) is 63.3 Å². The SMILES string of the molecule is CCCN=C(N)NCCc1csc(CC)n1. The molecule has 0 spiro atoms. The van der Waals surface area contributed by atoms with Gasteiger partial charge in [-0.2, -0.15) is 0 Å². The van der Waals surface area contributed by atoms with Crippen molar-refractivity contribution in [2.45, 2.75) is 33.1 Å². The first kappa shape index (κ1) is 13.0. The molecule has 0 bridgehead atoms. The van der Waals surface area contributed by atoms with E-state index in [9.17, 15) is 0 Å². The Morgan fingerprint density at radius 3 is 3.00 bits per heavy atom. The van der Waals surface area contributed by atoms with Crippen LogP contribution in [0.1, 0.15) is 31.0 Å². The minimum Gasteiger partial charge on any atom is -0.370 e. The van der Waals surface area contributed by atoms with Crippen LogP contribution in [0, 0.1) is 0 Å². The minimum absolute atomic E-state index is 0.535. The fourth-order valence-corrected chi connectivity index (χ4v) is 2.01. The Balaban J connectivity index is 2.24. The zero-order valence-electron chi connectivity index (χ0n) is 9.99. The molecule has 5 heteroatoms.